The maximum atomic E-state index is 12.7. The van der Waals surface area contributed by atoms with Crippen LogP contribution < -0.4 is 11.1 Å². The Morgan fingerprint density at radius 3 is 2.56 bits per heavy atom. The number of aryl methyl sites for hydroxylation is 1. The number of rotatable bonds is 11. The van der Waals surface area contributed by atoms with Gasteiger partial charge in [-0.25, -0.2) is 9.78 Å². The van der Waals surface area contributed by atoms with Crippen LogP contribution in [-0.2, 0) is 16.6 Å². The summed E-state index contributed by atoms with van der Waals surface area (Å²) in [5, 5.41) is 3.49. The predicted octanol–water partition coefficient (Wildman–Crippen LogP) is 5.37. The highest BCUT2D eigenvalue weighted by Gasteiger charge is 2.32. The van der Waals surface area contributed by atoms with Gasteiger partial charge in [-0.3, -0.25) is 9.69 Å². The molecule has 10 heteroatoms. The van der Waals surface area contributed by atoms with Crippen LogP contribution in [0.15, 0.2) is 61.2 Å². The number of carbonyl (C=O) groups excluding carboxylic acids is 2. The number of allylic oxidation sites excluding steroid dienone is 2. The molecular weight excluding hydrogens is 540 g/mol. The van der Waals surface area contributed by atoms with Gasteiger partial charge in [-0.1, -0.05) is 42.0 Å². The van der Waals surface area contributed by atoms with Crippen LogP contribution in [0.3, 0.4) is 0 Å². The fourth-order valence-electron chi connectivity index (χ4n) is 5.05. The van der Waals surface area contributed by atoms with Gasteiger partial charge in [0, 0.05) is 44.3 Å². The molecule has 2 heterocycles. The van der Waals surface area contributed by atoms with E-state index in [1.165, 1.54) is 5.57 Å². The van der Waals surface area contributed by atoms with Gasteiger partial charge in [0.15, 0.2) is 0 Å². The molecule has 0 saturated carbocycles. The number of benzene rings is 1. The molecule has 1 aromatic carbocycles. The summed E-state index contributed by atoms with van der Waals surface area (Å²) in [6, 6.07) is 5.33. The highest BCUT2D eigenvalue weighted by molar-refractivity contribution is 6.30. The molecular formula is C31H43ClN6O3. The molecule has 1 aliphatic heterocycles. The third-order valence-corrected chi connectivity index (χ3v) is 7.35. The molecule has 1 saturated heterocycles. The van der Waals surface area contributed by atoms with E-state index in [-0.39, 0.29) is 12.1 Å². The van der Waals surface area contributed by atoms with Crippen LogP contribution in [0.25, 0.3) is 5.57 Å². The van der Waals surface area contributed by atoms with Crippen LogP contribution in [0, 0.1) is 0 Å². The molecule has 0 aliphatic carbocycles. The van der Waals surface area contributed by atoms with Gasteiger partial charge in [-0.2, -0.15) is 0 Å². The molecule has 41 heavy (non-hydrogen) atoms. The van der Waals surface area contributed by atoms with Crippen molar-refractivity contribution in [3.05, 3.63) is 83.1 Å². The zero-order valence-corrected chi connectivity index (χ0v) is 25.5. The molecule has 0 bridgehead atoms. The average molecular weight is 583 g/mol. The maximum Gasteiger partial charge on any atom is 0.410 e. The third kappa shape index (κ3) is 8.71. The fourth-order valence-corrected chi connectivity index (χ4v) is 5.22. The third-order valence-electron chi connectivity index (χ3n) is 7.11. The summed E-state index contributed by atoms with van der Waals surface area (Å²) in [6.45, 7) is 14.6. The number of nitrogens with zero attached hydrogens (tertiary/aromatic N) is 4. The Labute approximate surface area is 248 Å². The van der Waals surface area contributed by atoms with Crippen molar-refractivity contribution in [3.63, 3.8) is 0 Å². The van der Waals surface area contributed by atoms with Crippen molar-refractivity contribution in [2.24, 2.45) is 12.8 Å². The lowest BCUT2D eigenvalue weighted by molar-refractivity contribution is -0.109. The van der Waals surface area contributed by atoms with E-state index in [4.69, 9.17) is 22.1 Å². The maximum absolute atomic E-state index is 12.7. The van der Waals surface area contributed by atoms with Crippen molar-refractivity contribution in [2.75, 3.05) is 26.2 Å². The number of halogens is 1. The topological polar surface area (TPSA) is 106 Å². The van der Waals surface area contributed by atoms with Crippen LogP contribution in [0.2, 0.25) is 5.02 Å². The van der Waals surface area contributed by atoms with Crippen LogP contribution in [-0.4, -0.2) is 63.6 Å². The van der Waals surface area contributed by atoms with Crippen molar-refractivity contribution in [2.45, 2.75) is 58.2 Å². The lowest BCUT2D eigenvalue weighted by Crippen LogP contribution is -2.51. The van der Waals surface area contributed by atoms with Crippen LogP contribution in [0.4, 0.5) is 4.79 Å². The van der Waals surface area contributed by atoms with Gasteiger partial charge in [-0.15, -0.1) is 0 Å². The second-order valence-corrected chi connectivity index (χ2v) is 11.8. The number of ether oxygens (including phenoxy) is 1. The van der Waals surface area contributed by atoms with Gasteiger partial charge >= 0.3 is 6.09 Å². The molecule has 1 fully saturated rings. The van der Waals surface area contributed by atoms with Gasteiger partial charge in [0.25, 0.3) is 0 Å². The summed E-state index contributed by atoms with van der Waals surface area (Å²) in [5.41, 5.74) is 9.65. The van der Waals surface area contributed by atoms with E-state index in [0.717, 1.165) is 29.7 Å². The average Bonchev–Trinajstić information content (AvgIpc) is 3.34. The lowest BCUT2D eigenvalue weighted by Gasteiger charge is -2.40. The van der Waals surface area contributed by atoms with E-state index in [1.807, 2.05) is 56.7 Å². The number of nitrogens with one attached hydrogen (secondary N) is 1. The second-order valence-electron chi connectivity index (χ2n) is 11.3. The number of hydrogen-bond donors (Lipinski definition) is 2. The molecule has 2 unspecified atom stereocenters. The number of carbonyl (C=O) groups is 2. The molecule has 0 spiro atoms. The summed E-state index contributed by atoms with van der Waals surface area (Å²) >= 11 is 6.54. The Hall–Kier alpha value is -3.56. The summed E-state index contributed by atoms with van der Waals surface area (Å²) in [7, 11) is 1.88. The molecule has 3 N–H and O–H groups in total. The van der Waals surface area contributed by atoms with Crippen molar-refractivity contribution < 1.29 is 14.3 Å². The Balaban J connectivity index is 1.99. The van der Waals surface area contributed by atoms with Gasteiger partial charge in [0.05, 0.1) is 24.3 Å². The smallest absolute Gasteiger partial charge is 0.410 e. The fraction of sp³-hybridized carbons (Fsp3) is 0.452. The normalized spacial score (nSPS) is 16.4. The zero-order chi connectivity index (χ0) is 30.2. The first-order valence-corrected chi connectivity index (χ1v) is 14.2. The van der Waals surface area contributed by atoms with E-state index < -0.39 is 11.6 Å². The molecule has 2 amide bonds. The summed E-state index contributed by atoms with van der Waals surface area (Å²) < 4.78 is 7.47. The second kappa shape index (κ2) is 14.4. The van der Waals surface area contributed by atoms with E-state index >= 15 is 0 Å². The number of hydrogen-bond acceptors (Lipinski definition) is 6. The standard InChI is InChI=1S/C31H43ClN6O3/c1-22(9-7-8-12-33)17-27(37-13-15-38(16-14-37)30(40)41-31(3,4)5)25-11-10-24(32)18-26(25)23(2)29(35-21-39)28-19-34-20-36(28)6/h8-12,18-21,27,29H,2,7,13-17,33H2,1,3-6H3,(H,35,39)/b12-8-,22-9-. The van der Waals surface area contributed by atoms with Crippen LogP contribution in [0.1, 0.15) is 69.4 Å². The molecule has 0 radical (unpaired) electrons. The zero-order valence-electron chi connectivity index (χ0n) is 24.8. The lowest BCUT2D eigenvalue weighted by atomic mass is 9.87. The Bertz CT molecular complexity index is 1270. The number of amides is 2. The van der Waals surface area contributed by atoms with Crippen molar-refractivity contribution in [1.29, 1.82) is 0 Å². The minimum atomic E-state index is -0.546. The first-order chi connectivity index (χ1) is 19.4. The van der Waals surface area contributed by atoms with Crippen molar-refractivity contribution in [1.82, 2.24) is 24.7 Å². The summed E-state index contributed by atoms with van der Waals surface area (Å²) in [4.78, 5) is 32.8. The monoisotopic (exact) mass is 582 g/mol. The van der Waals surface area contributed by atoms with E-state index in [9.17, 15) is 9.59 Å². The first-order valence-electron chi connectivity index (χ1n) is 13.8. The highest BCUT2D eigenvalue weighted by atomic mass is 35.5. The number of aromatic nitrogens is 2. The number of nitrogens with two attached hydrogens (primary N) is 1. The van der Waals surface area contributed by atoms with Gasteiger partial charge in [0.1, 0.15) is 5.60 Å². The van der Waals surface area contributed by atoms with E-state index in [0.29, 0.717) is 43.2 Å². The van der Waals surface area contributed by atoms with Gasteiger partial charge in [0.2, 0.25) is 6.41 Å². The SMILES string of the molecule is C=C(c1cc(Cl)ccc1C(C/C(C)=C\C/C=C\N)N1CCN(C(=O)OC(C)(C)C)CC1)C(NC=O)c1cncn1C. The quantitative estimate of drug-likeness (QED) is 0.273. The van der Waals surface area contributed by atoms with Crippen LogP contribution >= 0.6 is 11.6 Å². The minimum Gasteiger partial charge on any atom is -0.444 e. The van der Waals surface area contributed by atoms with Crippen molar-refractivity contribution in [3.8, 4) is 0 Å². The van der Waals surface area contributed by atoms with Crippen LogP contribution in [0.5, 0.6) is 0 Å². The Morgan fingerprint density at radius 2 is 1.98 bits per heavy atom. The Morgan fingerprint density at radius 1 is 1.27 bits per heavy atom. The Kier molecular flexibility index (Phi) is 11.2. The molecule has 2 aromatic rings. The predicted molar refractivity (Wildman–Crippen MR) is 164 cm³/mol. The summed E-state index contributed by atoms with van der Waals surface area (Å²) in [5.74, 6) is 0. The highest BCUT2D eigenvalue weighted by Crippen LogP contribution is 2.39. The molecule has 3 rings (SSSR count). The first kappa shape index (κ1) is 32.0. The minimum absolute atomic E-state index is 0.0265. The van der Waals surface area contributed by atoms with Gasteiger partial charge in [-0.05, 0) is 75.6 Å². The summed E-state index contributed by atoms with van der Waals surface area (Å²) in [6.07, 6.45) is 10.9. The van der Waals surface area contributed by atoms with Gasteiger partial charge < -0.3 is 25.3 Å². The molecule has 1 aromatic heterocycles. The van der Waals surface area contributed by atoms with Crippen molar-refractivity contribution >= 4 is 29.7 Å². The molecule has 222 valence electrons. The molecule has 1 aliphatic rings. The molecule has 2 atom stereocenters. The largest absolute Gasteiger partial charge is 0.444 e. The molecule has 9 nitrogen and oxygen atoms in total. The van der Waals surface area contributed by atoms with E-state index in [1.54, 1.807) is 23.6 Å². The number of imidazole rings is 1. The number of piperazine rings is 1. The van der Waals surface area contributed by atoms with E-state index in [2.05, 4.69) is 34.8 Å².